The number of carbonyl (C=O) groups is 3. The number of likely N-dealkylation sites (N-methyl/N-ethyl adjacent to an activating group) is 1. The second-order valence-corrected chi connectivity index (χ2v) is 9.99. The third kappa shape index (κ3) is 6.05. The molecule has 0 spiro atoms. The van der Waals surface area contributed by atoms with Crippen LogP contribution in [0.15, 0.2) is 28.1 Å². The van der Waals surface area contributed by atoms with E-state index in [9.17, 15) is 14.4 Å². The number of esters is 1. The Morgan fingerprint density at radius 3 is 2.45 bits per heavy atom. The van der Waals surface area contributed by atoms with Gasteiger partial charge in [0.2, 0.25) is 0 Å². The number of nitrogens with one attached hydrogen (secondary N) is 2. The predicted molar refractivity (Wildman–Crippen MR) is 128 cm³/mol. The maximum atomic E-state index is 13.1. The summed E-state index contributed by atoms with van der Waals surface area (Å²) in [5.41, 5.74) is 1.72. The number of thiophene rings is 1. The smallest absolute Gasteiger partial charge is 0.338 e. The van der Waals surface area contributed by atoms with Crippen molar-refractivity contribution in [2.45, 2.75) is 46.2 Å². The zero-order chi connectivity index (χ0) is 24.2. The molecule has 10 heteroatoms. The molecule has 2 aliphatic rings. The summed E-state index contributed by atoms with van der Waals surface area (Å²) in [5, 5.41) is 9.85. The largest absolute Gasteiger partial charge is 0.463 e. The van der Waals surface area contributed by atoms with E-state index in [0.717, 1.165) is 5.56 Å². The lowest BCUT2D eigenvalue weighted by Crippen LogP contribution is -2.56. The van der Waals surface area contributed by atoms with Crippen LogP contribution in [0.1, 0.15) is 46.2 Å². The molecule has 0 bridgehead atoms. The lowest BCUT2D eigenvalue weighted by Gasteiger charge is -2.40. The van der Waals surface area contributed by atoms with Gasteiger partial charge in [-0.15, -0.1) is 0 Å². The maximum absolute atomic E-state index is 13.1. The zero-order valence-corrected chi connectivity index (χ0v) is 21.0. The van der Waals surface area contributed by atoms with Gasteiger partial charge in [-0.1, -0.05) is 0 Å². The third-order valence-corrected chi connectivity index (χ3v) is 6.34. The Hall–Kier alpha value is -2.59. The quantitative estimate of drug-likeness (QED) is 0.615. The van der Waals surface area contributed by atoms with E-state index in [0.29, 0.717) is 50.5 Å². The van der Waals surface area contributed by atoms with Gasteiger partial charge in [0.1, 0.15) is 0 Å². The molecule has 1 fully saturated rings. The van der Waals surface area contributed by atoms with Crippen LogP contribution < -0.4 is 10.6 Å². The first-order valence-electron chi connectivity index (χ1n) is 11.4. The minimum absolute atomic E-state index is 0.0710. The van der Waals surface area contributed by atoms with Crippen molar-refractivity contribution in [3.05, 3.63) is 33.7 Å². The molecule has 1 aromatic heterocycles. The Kier molecular flexibility index (Phi) is 8.01. The summed E-state index contributed by atoms with van der Waals surface area (Å²) in [4.78, 5) is 44.1. The van der Waals surface area contributed by atoms with Gasteiger partial charge in [-0.2, -0.15) is 11.3 Å². The number of nitrogens with zero attached hydrogens (tertiary/aromatic N) is 3. The van der Waals surface area contributed by atoms with E-state index < -0.39 is 12.0 Å². The van der Waals surface area contributed by atoms with Crippen molar-refractivity contribution in [1.82, 2.24) is 25.3 Å². The molecule has 0 unspecified atom stereocenters. The van der Waals surface area contributed by atoms with E-state index >= 15 is 0 Å². The minimum Gasteiger partial charge on any atom is -0.463 e. The molecule has 1 atom stereocenters. The van der Waals surface area contributed by atoms with Gasteiger partial charge in [-0.3, -0.25) is 9.80 Å². The molecule has 2 aliphatic heterocycles. The highest BCUT2D eigenvalue weighted by atomic mass is 32.1. The average Bonchev–Trinajstić information content (AvgIpc) is 3.28. The van der Waals surface area contributed by atoms with Gasteiger partial charge in [-0.25, -0.2) is 14.4 Å². The fraction of sp³-hybridized carbons (Fsp3) is 0.609. The molecule has 1 aromatic rings. The fourth-order valence-electron chi connectivity index (χ4n) is 4.07. The predicted octanol–water partition coefficient (Wildman–Crippen LogP) is 2.78. The van der Waals surface area contributed by atoms with Crippen molar-refractivity contribution in [2.24, 2.45) is 0 Å². The lowest BCUT2D eigenvalue weighted by atomic mass is 9.96. The lowest BCUT2D eigenvalue weighted by molar-refractivity contribution is -0.139. The zero-order valence-electron chi connectivity index (χ0n) is 20.1. The molecule has 0 radical (unpaired) electrons. The van der Waals surface area contributed by atoms with Crippen LogP contribution in [-0.2, 0) is 9.53 Å². The summed E-state index contributed by atoms with van der Waals surface area (Å²) in [6.45, 7) is 13.1. The number of hydrogen-bond donors (Lipinski definition) is 2. The Morgan fingerprint density at radius 1 is 1.21 bits per heavy atom. The number of rotatable bonds is 6. The van der Waals surface area contributed by atoms with Crippen molar-refractivity contribution in [3.8, 4) is 0 Å². The molecule has 182 valence electrons. The summed E-state index contributed by atoms with van der Waals surface area (Å²) < 4.78 is 5.40. The van der Waals surface area contributed by atoms with Crippen LogP contribution in [-0.4, -0.2) is 84.1 Å². The van der Waals surface area contributed by atoms with E-state index in [1.165, 1.54) is 11.3 Å². The Bertz CT molecular complexity index is 885. The van der Waals surface area contributed by atoms with Crippen LogP contribution in [0.5, 0.6) is 0 Å². The van der Waals surface area contributed by atoms with E-state index in [2.05, 4.69) is 15.5 Å². The number of urea groups is 2. The summed E-state index contributed by atoms with van der Waals surface area (Å²) in [6.07, 6.45) is 0. The SMILES string of the molecule is CCOC(=O)C1=C(CN2CCN(C(=O)NC(C)(C)C)CC2)N(CC)C(=O)N[C@H]1c1ccsc1. The second kappa shape index (κ2) is 10.6. The van der Waals surface area contributed by atoms with E-state index in [1.807, 2.05) is 49.4 Å². The standard InChI is InChI=1S/C23H35N5O4S/c1-6-28-17(14-26-9-11-27(12-10-26)22(31)25-23(3,4)5)18(20(29)32-7-2)19(24-21(28)30)16-8-13-33-15-16/h8,13,15,19H,6-7,9-12,14H2,1-5H3,(H,24,30)(H,25,31)/t19-/m0/s1. The van der Waals surface area contributed by atoms with Gasteiger partial charge < -0.3 is 20.3 Å². The number of hydrogen-bond acceptors (Lipinski definition) is 6. The van der Waals surface area contributed by atoms with Gasteiger partial charge in [0.05, 0.1) is 18.2 Å². The van der Waals surface area contributed by atoms with Crippen molar-refractivity contribution < 1.29 is 19.1 Å². The van der Waals surface area contributed by atoms with E-state index in [4.69, 9.17) is 4.74 Å². The van der Waals surface area contributed by atoms with Crippen LogP contribution in [0.3, 0.4) is 0 Å². The highest BCUT2D eigenvalue weighted by Gasteiger charge is 2.38. The molecule has 1 saturated heterocycles. The van der Waals surface area contributed by atoms with Crippen LogP contribution >= 0.6 is 11.3 Å². The molecule has 2 N–H and O–H groups in total. The number of amides is 4. The Balaban J connectivity index is 1.84. The van der Waals surface area contributed by atoms with E-state index in [-0.39, 0.29) is 24.2 Å². The minimum atomic E-state index is -0.542. The number of piperazine rings is 1. The molecule has 9 nitrogen and oxygen atoms in total. The molecule has 33 heavy (non-hydrogen) atoms. The van der Waals surface area contributed by atoms with Crippen LogP contribution in [0.25, 0.3) is 0 Å². The molecule has 3 rings (SSSR count). The van der Waals surface area contributed by atoms with Gasteiger partial charge in [-0.05, 0) is 57.0 Å². The third-order valence-electron chi connectivity index (χ3n) is 5.64. The molecule has 0 aromatic carbocycles. The van der Waals surface area contributed by atoms with Crippen molar-refractivity contribution in [3.63, 3.8) is 0 Å². The number of ether oxygens (including phenoxy) is 1. The summed E-state index contributed by atoms with van der Waals surface area (Å²) in [5.74, 6) is -0.412. The van der Waals surface area contributed by atoms with Crippen molar-refractivity contribution >= 4 is 29.4 Å². The first-order valence-corrected chi connectivity index (χ1v) is 12.4. The van der Waals surface area contributed by atoms with Crippen molar-refractivity contribution in [1.29, 1.82) is 0 Å². The maximum Gasteiger partial charge on any atom is 0.338 e. The van der Waals surface area contributed by atoms with E-state index in [1.54, 1.807) is 11.8 Å². The van der Waals surface area contributed by atoms with Gasteiger partial charge in [0.15, 0.2) is 0 Å². The van der Waals surface area contributed by atoms with Crippen LogP contribution in [0.2, 0.25) is 0 Å². The number of carbonyl (C=O) groups excluding carboxylic acids is 3. The monoisotopic (exact) mass is 477 g/mol. The van der Waals surface area contributed by atoms with Crippen LogP contribution in [0.4, 0.5) is 9.59 Å². The Labute approximate surface area is 199 Å². The summed E-state index contributed by atoms with van der Waals surface area (Å²) >= 11 is 1.52. The molecule has 0 saturated carbocycles. The highest BCUT2D eigenvalue weighted by Crippen LogP contribution is 2.33. The normalized spacial score (nSPS) is 20.0. The molecule has 0 aliphatic carbocycles. The molecular weight excluding hydrogens is 442 g/mol. The first-order chi connectivity index (χ1) is 15.6. The fourth-order valence-corrected chi connectivity index (χ4v) is 4.75. The molecule has 3 heterocycles. The molecule has 4 amide bonds. The Morgan fingerprint density at radius 2 is 1.91 bits per heavy atom. The topological polar surface area (TPSA) is 94.2 Å². The second-order valence-electron chi connectivity index (χ2n) is 9.21. The van der Waals surface area contributed by atoms with Gasteiger partial charge in [0.25, 0.3) is 0 Å². The van der Waals surface area contributed by atoms with Crippen molar-refractivity contribution in [2.75, 3.05) is 45.9 Å². The molecular formula is C23H35N5O4S. The summed E-state index contributed by atoms with van der Waals surface area (Å²) in [7, 11) is 0. The highest BCUT2D eigenvalue weighted by molar-refractivity contribution is 7.08. The van der Waals surface area contributed by atoms with Gasteiger partial charge in [0, 0.05) is 50.5 Å². The average molecular weight is 478 g/mol. The van der Waals surface area contributed by atoms with Crippen LogP contribution in [0, 0.1) is 0 Å². The van der Waals surface area contributed by atoms with Gasteiger partial charge >= 0.3 is 18.0 Å². The summed E-state index contributed by atoms with van der Waals surface area (Å²) in [6, 6.07) is 1.08. The first kappa shape index (κ1) is 25.0.